The molecule has 6 heteroatoms. The molecule has 0 aromatic heterocycles. The lowest BCUT2D eigenvalue weighted by atomic mass is 9.82. The van der Waals surface area contributed by atoms with Crippen LogP contribution in [0.5, 0.6) is 0 Å². The third kappa shape index (κ3) is 3.99. The van der Waals surface area contributed by atoms with Crippen molar-refractivity contribution in [2.75, 3.05) is 16.8 Å². The van der Waals surface area contributed by atoms with Crippen LogP contribution >= 0.6 is 0 Å². The van der Waals surface area contributed by atoms with Crippen LogP contribution in [0.2, 0.25) is 0 Å². The van der Waals surface area contributed by atoms with E-state index in [1.807, 2.05) is 30.3 Å². The third-order valence-corrected chi connectivity index (χ3v) is 5.83. The molecule has 2 aliphatic rings. The number of hydrogen-bond donors (Lipinski definition) is 1. The number of carboxylic acid groups (broad SMARTS) is 1. The van der Waals surface area contributed by atoms with Crippen LogP contribution in [0.4, 0.5) is 11.4 Å². The van der Waals surface area contributed by atoms with Gasteiger partial charge in [-0.3, -0.25) is 9.59 Å². The lowest BCUT2D eigenvalue weighted by molar-refractivity contribution is -0.313. The highest BCUT2D eigenvalue weighted by Gasteiger charge is 2.30. The number of aliphatic carboxylic acids is 1. The minimum Gasteiger partial charge on any atom is -0.550 e. The average Bonchev–Trinajstić information content (AvgIpc) is 2.78. The first-order valence-electron chi connectivity index (χ1n) is 10.2. The highest BCUT2D eigenvalue weighted by Crippen LogP contribution is 2.29. The zero-order valence-corrected chi connectivity index (χ0v) is 16.5. The summed E-state index contributed by atoms with van der Waals surface area (Å²) in [4.78, 5) is 38.7. The minimum atomic E-state index is -1.21. The molecule has 0 radical (unpaired) electrons. The third-order valence-electron chi connectivity index (χ3n) is 5.83. The molecule has 1 N–H and O–H groups in total. The quantitative estimate of drug-likeness (QED) is 0.795. The second-order valence-corrected chi connectivity index (χ2v) is 7.73. The lowest BCUT2D eigenvalue weighted by Gasteiger charge is -2.29. The first-order valence-corrected chi connectivity index (χ1v) is 10.2. The topological polar surface area (TPSA) is 89.5 Å². The van der Waals surface area contributed by atoms with Crippen molar-refractivity contribution in [3.8, 4) is 0 Å². The molecule has 1 aliphatic heterocycles. The molecule has 0 unspecified atom stereocenters. The summed E-state index contributed by atoms with van der Waals surface area (Å²) < 4.78 is 0. The molecule has 0 spiro atoms. The Kier molecular flexibility index (Phi) is 5.65. The van der Waals surface area contributed by atoms with Gasteiger partial charge in [0.1, 0.15) is 0 Å². The van der Waals surface area contributed by atoms with E-state index >= 15 is 0 Å². The van der Waals surface area contributed by atoms with Gasteiger partial charge in [-0.1, -0.05) is 30.4 Å². The van der Waals surface area contributed by atoms with Gasteiger partial charge in [0.2, 0.25) is 5.91 Å². The van der Waals surface area contributed by atoms with Crippen LogP contribution < -0.4 is 15.3 Å². The number of carboxylic acids is 1. The SMILES string of the molecule is O=C([O-])[C@H]1CC=CC[C@H]1C(=O)Nc1ccc(C(=O)N2CCCc3ccccc32)cc1. The zero-order chi connectivity index (χ0) is 21.1. The fraction of sp³-hybridized carbons (Fsp3) is 0.292. The number of amides is 2. The van der Waals surface area contributed by atoms with Gasteiger partial charge in [0.15, 0.2) is 0 Å². The van der Waals surface area contributed by atoms with Crippen molar-refractivity contribution < 1.29 is 19.5 Å². The van der Waals surface area contributed by atoms with Crippen molar-refractivity contribution >= 4 is 29.2 Å². The van der Waals surface area contributed by atoms with Gasteiger partial charge in [-0.15, -0.1) is 0 Å². The van der Waals surface area contributed by atoms with Crippen LogP contribution in [-0.2, 0) is 16.0 Å². The maximum absolute atomic E-state index is 13.0. The number of carbonyl (C=O) groups is 3. The molecule has 2 atom stereocenters. The van der Waals surface area contributed by atoms with E-state index in [4.69, 9.17) is 0 Å². The molecule has 0 saturated carbocycles. The van der Waals surface area contributed by atoms with E-state index in [1.54, 1.807) is 35.2 Å². The summed E-state index contributed by atoms with van der Waals surface area (Å²) in [5, 5.41) is 14.1. The average molecular weight is 403 g/mol. The van der Waals surface area contributed by atoms with Gasteiger partial charge in [-0.05, 0) is 61.6 Å². The summed E-state index contributed by atoms with van der Waals surface area (Å²) in [5.41, 5.74) is 3.19. The first kappa shape index (κ1) is 19.9. The Hall–Kier alpha value is -3.41. The Morgan fingerprint density at radius 3 is 2.37 bits per heavy atom. The second-order valence-electron chi connectivity index (χ2n) is 7.73. The molecular formula is C24H23N2O4-. The number of nitrogens with one attached hydrogen (secondary N) is 1. The molecule has 1 aliphatic carbocycles. The monoisotopic (exact) mass is 403 g/mol. The number of fused-ring (bicyclic) bond motifs is 1. The molecule has 30 heavy (non-hydrogen) atoms. The normalized spacial score (nSPS) is 20.3. The molecule has 2 aromatic rings. The van der Waals surface area contributed by atoms with Gasteiger partial charge in [-0.25, -0.2) is 0 Å². The number of nitrogens with zero attached hydrogens (tertiary/aromatic N) is 1. The number of hydrogen-bond acceptors (Lipinski definition) is 4. The number of benzene rings is 2. The van der Waals surface area contributed by atoms with Gasteiger partial charge < -0.3 is 20.1 Å². The number of aryl methyl sites for hydroxylation is 1. The van der Waals surface area contributed by atoms with E-state index in [-0.39, 0.29) is 11.8 Å². The molecule has 2 aromatic carbocycles. The molecule has 0 bridgehead atoms. The summed E-state index contributed by atoms with van der Waals surface area (Å²) in [5.74, 6) is -3.12. The first-order chi connectivity index (χ1) is 14.5. The summed E-state index contributed by atoms with van der Waals surface area (Å²) in [6.45, 7) is 0.675. The maximum atomic E-state index is 13.0. The number of carbonyl (C=O) groups excluding carboxylic acids is 3. The Balaban J connectivity index is 1.46. The highest BCUT2D eigenvalue weighted by molar-refractivity contribution is 6.07. The van der Waals surface area contributed by atoms with Crippen molar-refractivity contribution in [1.82, 2.24) is 0 Å². The second kappa shape index (κ2) is 8.53. The number of rotatable bonds is 4. The molecule has 1 heterocycles. The number of para-hydroxylation sites is 1. The van der Waals surface area contributed by atoms with Crippen LogP contribution in [0.3, 0.4) is 0 Å². The van der Waals surface area contributed by atoms with Crippen LogP contribution in [0.25, 0.3) is 0 Å². The molecule has 2 amide bonds. The van der Waals surface area contributed by atoms with Crippen LogP contribution in [0, 0.1) is 11.8 Å². The number of allylic oxidation sites excluding steroid dienone is 2. The van der Waals surface area contributed by atoms with Crippen molar-refractivity contribution in [2.45, 2.75) is 25.7 Å². The van der Waals surface area contributed by atoms with E-state index in [0.29, 0.717) is 30.6 Å². The van der Waals surface area contributed by atoms with Crippen molar-refractivity contribution in [1.29, 1.82) is 0 Å². The predicted octanol–water partition coefficient (Wildman–Crippen LogP) is 2.55. The van der Waals surface area contributed by atoms with E-state index in [1.165, 1.54) is 5.56 Å². The predicted molar refractivity (Wildman–Crippen MR) is 112 cm³/mol. The van der Waals surface area contributed by atoms with Crippen molar-refractivity contribution in [3.05, 3.63) is 71.8 Å². The van der Waals surface area contributed by atoms with Gasteiger partial charge in [0, 0.05) is 35.4 Å². The van der Waals surface area contributed by atoms with Crippen molar-refractivity contribution in [2.24, 2.45) is 11.8 Å². The Morgan fingerprint density at radius 1 is 0.933 bits per heavy atom. The Morgan fingerprint density at radius 2 is 1.63 bits per heavy atom. The van der Waals surface area contributed by atoms with E-state index in [9.17, 15) is 19.5 Å². The zero-order valence-electron chi connectivity index (χ0n) is 16.5. The number of anilines is 2. The molecule has 4 rings (SSSR count). The van der Waals surface area contributed by atoms with Crippen molar-refractivity contribution in [3.63, 3.8) is 0 Å². The molecular weight excluding hydrogens is 380 g/mol. The van der Waals surface area contributed by atoms with Crippen LogP contribution in [-0.4, -0.2) is 24.3 Å². The maximum Gasteiger partial charge on any atom is 0.258 e. The minimum absolute atomic E-state index is 0.0746. The smallest absolute Gasteiger partial charge is 0.258 e. The highest BCUT2D eigenvalue weighted by atomic mass is 16.4. The fourth-order valence-electron chi connectivity index (χ4n) is 4.20. The van der Waals surface area contributed by atoms with Gasteiger partial charge >= 0.3 is 0 Å². The molecule has 154 valence electrons. The summed E-state index contributed by atoms with van der Waals surface area (Å²) in [6.07, 6.45) is 6.15. The van der Waals surface area contributed by atoms with E-state index < -0.39 is 17.8 Å². The molecule has 6 nitrogen and oxygen atoms in total. The fourth-order valence-corrected chi connectivity index (χ4v) is 4.20. The van der Waals surface area contributed by atoms with E-state index in [2.05, 4.69) is 5.32 Å². The largest absolute Gasteiger partial charge is 0.550 e. The summed E-state index contributed by atoms with van der Waals surface area (Å²) >= 11 is 0. The standard InChI is InChI=1S/C24H24N2O4/c27-22(19-8-2-3-9-20(19)24(29)30)25-18-13-11-17(12-14-18)23(28)26-15-5-7-16-6-1-4-10-21(16)26/h1-4,6,10-14,19-20H,5,7-9,15H2,(H,25,27)(H,29,30)/p-1/t19-,20+/m1/s1. The van der Waals surface area contributed by atoms with Gasteiger partial charge in [0.25, 0.3) is 5.91 Å². The Labute approximate surface area is 175 Å². The van der Waals surface area contributed by atoms with Gasteiger partial charge in [0.05, 0.1) is 5.92 Å². The molecule has 0 saturated heterocycles. The molecule has 0 fully saturated rings. The van der Waals surface area contributed by atoms with Gasteiger partial charge in [-0.2, -0.15) is 0 Å². The lowest BCUT2D eigenvalue weighted by Crippen LogP contribution is -2.41. The summed E-state index contributed by atoms with van der Waals surface area (Å²) in [7, 11) is 0. The van der Waals surface area contributed by atoms with Crippen LogP contribution in [0.1, 0.15) is 35.2 Å². The van der Waals surface area contributed by atoms with Crippen LogP contribution in [0.15, 0.2) is 60.7 Å². The Bertz CT molecular complexity index is 997. The van der Waals surface area contributed by atoms with E-state index in [0.717, 1.165) is 18.5 Å². The summed E-state index contributed by atoms with van der Waals surface area (Å²) in [6, 6.07) is 14.7.